The number of anilines is 1. The Labute approximate surface area is 239 Å². The number of amides is 1. The van der Waals surface area contributed by atoms with Crippen LogP contribution in [0.3, 0.4) is 0 Å². The molecule has 3 aromatic rings. The van der Waals surface area contributed by atoms with Crippen LogP contribution in [0.1, 0.15) is 50.2 Å². The predicted molar refractivity (Wildman–Crippen MR) is 154 cm³/mol. The molecule has 3 aliphatic rings. The van der Waals surface area contributed by atoms with Gasteiger partial charge in [-0.25, -0.2) is 13.4 Å². The molecule has 2 unspecified atom stereocenters. The van der Waals surface area contributed by atoms with Crippen molar-refractivity contribution in [1.82, 2.24) is 10.3 Å². The minimum absolute atomic E-state index is 0.0965. The summed E-state index contributed by atoms with van der Waals surface area (Å²) in [6.07, 6.45) is 4.78. The minimum atomic E-state index is -2.97. The lowest BCUT2D eigenvalue weighted by Gasteiger charge is -2.30. The van der Waals surface area contributed by atoms with E-state index in [0.717, 1.165) is 36.9 Å². The molecule has 8 nitrogen and oxygen atoms in total. The van der Waals surface area contributed by atoms with Crippen molar-refractivity contribution in [2.24, 2.45) is 5.92 Å². The number of carbonyl (C=O) groups is 1. The molecular formula is C30H31ClN4O4S. The second-order valence-electron chi connectivity index (χ2n) is 11.1. The number of nitrogens with one attached hydrogen (secondary N) is 1. The zero-order valence-electron chi connectivity index (χ0n) is 22.1. The van der Waals surface area contributed by atoms with E-state index >= 15 is 0 Å². The van der Waals surface area contributed by atoms with E-state index in [9.17, 15) is 18.5 Å². The fraction of sp³-hybridized carbons (Fsp3) is 0.433. The highest BCUT2D eigenvalue weighted by atomic mass is 35.5. The monoisotopic (exact) mass is 578 g/mol. The van der Waals surface area contributed by atoms with Gasteiger partial charge in [0.1, 0.15) is 17.0 Å². The van der Waals surface area contributed by atoms with Crippen molar-refractivity contribution in [3.05, 3.63) is 59.3 Å². The summed E-state index contributed by atoms with van der Waals surface area (Å²) in [4.78, 5) is 20.4. The van der Waals surface area contributed by atoms with Gasteiger partial charge in [0.05, 0.1) is 28.2 Å². The van der Waals surface area contributed by atoms with Gasteiger partial charge in [-0.2, -0.15) is 5.26 Å². The summed E-state index contributed by atoms with van der Waals surface area (Å²) in [5, 5.41) is 13.1. The molecule has 2 heterocycles. The van der Waals surface area contributed by atoms with Crippen molar-refractivity contribution in [1.29, 1.82) is 5.26 Å². The SMILES string of the molecule is N#CC1(NC(=O)C2CCCCC2c2oc(-c3ccccc3Cl)nc2-c2ccc(N3CCS(=O)(=O)CC3)cc2)CC1. The van der Waals surface area contributed by atoms with Gasteiger partial charge < -0.3 is 14.6 Å². The van der Waals surface area contributed by atoms with Crippen LogP contribution in [-0.2, 0) is 14.6 Å². The topological polar surface area (TPSA) is 116 Å². The van der Waals surface area contributed by atoms with Crippen molar-refractivity contribution in [3.63, 3.8) is 0 Å². The highest BCUT2D eigenvalue weighted by molar-refractivity contribution is 7.91. The molecule has 40 heavy (non-hydrogen) atoms. The molecule has 6 rings (SSSR count). The second kappa shape index (κ2) is 10.6. The third-order valence-corrected chi connectivity index (χ3v) is 10.3. The molecular weight excluding hydrogens is 548 g/mol. The Kier molecular flexibility index (Phi) is 7.09. The first-order chi connectivity index (χ1) is 19.3. The summed E-state index contributed by atoms with van der Waals surface area (Å²) in [6, 6.07) is 17.6. The molecule has 2 aromatic carbocycles. The maximum absolute atomic E-state index is 13.4. The Morgan fingerprint density at radius 3 is 2.45 bits per heavy atom. The Hall–Kier alpha value is -3.35. The van der Waals surface area contributed by atoms with Crippen LogP contribution in [0.5, 0.6) is 0 Å². The number of rotatable bonds is 6. The van der Waals surface area contributed by atoms with Crippen LogP contribution >= 0.6 is 11.6 Å². The van der Waals surface area contributed by atoms with Gasteiger partial charge in [0, 0.05) is 36.2 Å². The molecule has 1 amide bonds. The van der Waals surface area contributed by atoms with E-state index in [-0.39, 0.29) is 29.2 Å². The summed E-state index contributed by atoms with van der Waals surface area (Å²) in [7, 11) is -2.97. The molecule has 1 aliphatic heterocycles. The van der Waals surface area contributed by atoms with Gasteiger partial charge >= 0.3 is 0 Å². The number of nitriles is 1. The van der Waals surface area contributed by atoms with Crippen molar-refractivity contribution < 1.29 is 17.6 Å². The van der Waals surface area contributed by atoms with Gasteiger partial charge in [0.2, 0.25) is 11.8 Å². The lowest BCUT2D eigenvalue weighted by atomic mass is 9.76. The highest BCUT2D eigenvalue weighted by Crippen LogP contribution is 2.45. The lowest BCUT2D eigenvalue weighted by molar-refractivity contribution is -0.127. The fourth-order valence-electron chi connectivity index (χ4n) is 5.82. The van der Waals surface area contributed by atoms with Gasteiger partial charge in [-0.3, -0.25) is 4.79 Å². The first-order valence-electron chi connectivity index (χ1n) is 13.8. The highest BCUT2D eigenvalue weighted by Gasteiger charge is 2.47. The number of oxazole rings is 1. The van der Waals surface area contributed by atoms with E-state index in [1.807, 2.05) is 42.5 Å². The Morgan fingerprint density at radius 1 is 1.07 bits per heavy atom. The van der Waals surface area contributed by atoms with Crippen LogP contribution in [0.15, 0.2) is 52.9 Å². The van der Waals surface area contributed by atoms with Crippen LogP contribution in [-0.4, -0.2) is 49.4 Å². The Balaban J connectivity index is 1.36. The fourth-order valence-corrected chi connectivity index (χ4v) is 7.24. The van der Waals surface area contributed by atoms with Gasteiger partial charge in [-0.05, 0) is 49.9 Å². The molecule has 0 bridgehead atoms. The average Bonchev–Trinajstić information content (AvgIpc) is 3.60. The van der Waals surface area contributed by atoms with E-state index in [0.29, 0.717) is 53.9 Å². The maximum Gasteiger partial charge on any atom is 0.228 e. The lowest BCUT2D eigenvalue weighted by Crippen LogP contribution is -2.42. The molecule has 2 atom stereocenters. The largest absolute Gasteiger partial charge is 0.440 e. The molecule has 1 N–H and O–H groups in total. The summed E-state index contributed by atoms with van der Waals surface area (Å²) >= 11 is 6.51. The number of hydrogen-bond acceptors (Lipinski definition) is 7. The third-order valence-electron chi connectivity index (χ3n) is 8.37. The van der Waals surface area contributed by atoms with Crippen molar-refractivity contribution in [3.8, 4) is 28.8 Å². The number of carbonyl (C=O) groups excluding carboxylic acids is 1. The second-order valence-corrected chi connectivity index (χ2v) is 13.8. The van der Waals surface area contributed by atoms with Crippen molar-refractivity contribution >= 4 is 33.0 Å². The van der Waals surface area contributed by atoms with Crippen LogP contribution in [0.4, 0.5) is 5.69 Å². The Morgan fingerprint density at radius 2 is 1.77 bits per heavy atom. The zero-order chi connectivity index (χ0) is 27.9. The summed E-state index contributed by atoms with van der Waals surface area (Å²) in [5.41, 5.74) is 2.44. The van der Waals surface area contributed by atoms with Gasteiger partial charge in [0.25, 0.3) is 0 Å². The standard InChI is InChI=1S/C30H31ClN4O4S/c31-25-8-4-3-7-24(25)29-33-26(20-9-11-21(12-10-20)35-15-17-40(37,38)18-16-35)27(39-29)22-5-1-2-6-23(22)28(36)34-30(19-32)13-14-30/h3-4,7-12,22-23H,1-2,5-6,13-18H2,(H,34,36). The smallest absolute Gasteiger partial charge is 0.228 e. The molecule has 0 radical (unpaired) electrons. The molecule has 1 saturated heterocycles. The van der Waals surface area contributed by atoms with Crippen LogP contribution in [0.2, 0.25) is 5.02 Å². The van der Waals surface area contributed by atoms with Crippen molar-refractivity contribution in [2.75, 3.05) is 29.5 Å². The third kappa shape index (κ3) is 5.35. The number of aromatic nitrogens is 1. The summed E-state index contributed by atoms with van der Waals surface area (Å²) < 4.78 is 30.2. The van der Waals surface area contributed by atoms with Crippen LogP contribution < -0.4 is 10.2 Å². The number of nitrogens with zero attached hydrogens (tertiary/aromatic N) is 3. The van der Waals surface area contributed by atoms with Crippen LogP contribution in [0.25, 0.3) is 22.7 Å². The quantitative estimate of drug-likeness (QED) is 0.419. The minimum Gasteiger partial charge on any atom is -0.440 e. The van der Waals surface area contributed by atoms with Gasteiger partial charge in [0.15, 0.2) is 9.84 Å². The van der Waals surface area contributed by atoms with E-state index < -0.39 is 15.4 Å². The number of halogens is 1. The molecule has 1 aromatic heterocycles. The molecule has 2 saturated carbocycles. The normalized spacial score (nSPS) is 23.2. The molecule has 2 aliphatic carbocycles. The van der Waals surface area contributed by atoms with Crippen LogP contribution in [0, 0.1) is 17.2 Å². The summed E-state index contributed by atoms with van der Waals surface area (Å²) in [5.74, 6) is 0.771. The van der Waals surface area contributed by atoms with Gasteiger partial charge in [-0.1, -0.05) is 48.7 Å². The molecule has 10 heteroatoms. The first kappa shape index (κ1) is 26.9. The van der Waals surface area contributed by atoms with E-state index in [2.05, 4.69) is 16.3 Å². The van der Waals surface area contributed by atoms with Gasteiger partial charge in [-0.15, -0.1) is 0 Å². The summed E-state index contributed by atoms with van der Waals surface area (Å²) in [6.45, 7) is 0.938. The molecule has 0 spiro atoms. The first-order valence-corrected chi connectivity index (χ1v) is 16.0. The molecule has 3 fully saturated rings. The molecule has 208 valence electrons. The van der Waals surface area contributed by atoms with E-state index in [1.165, 1.54) is 0 Å². The number of hydrogen-bond donors (Lipinski definition) is 1. The average molecular weight is 579 g/mol. The van der Waals surface area contributed by atoms with E-state index in [4.69, 9.17) is 21.0 Å². The van der Waals surface area contributed by atoms with Crippen molar-refractivity contribution in [2.45, 2.75) is 50.0 Å². The number of sulfone groups is 1. The maximum atomic E-state index is 13.4. The Bertz CT molecular complexity index is 1560. The predicted octanol–water partition coefficient (Wildman–Crippen LogP) is 5.34. The number of benzene rings is 2. The van der Waals surface area contributed by atoms with E-state index in [1.54, 1.807) is 6.07 Å². The zero-order valence-corrected chi connectivity index (χ0v) is 23.7.